The Morgan fingerprint density at radius 2 is 1.57 bits per heavy atom. The molecule has 0 aliphatic carbocycles. The molecule has 2 heterocycles. The number of ether oxygens (including phenoxy) is 3. The largest absolute Gasteiger partial charge is 0.379 e. The topological polar surface area (TPSA) is 127 Å². The lowest BCUT2D eigenvalue weighted by Gasteiger charge is -2.16. The lowest BCUT2D eigenvalue weighted by molar-refractivity contribution is -0.121. The zero-order valence-corrected chi connectivity index (χ0v) is 21.7. The number of fused-ring (bicyclic) bond motifs is 1. The summed E-state index contributed by atoms with van der Waals surface area (Å²) in [6.07, 6.45) is 4.94. The van der Waals surface area contributed by atoms with Crippen LogP contribution >= 0.6 is 11.8 Å². The molecule has 0 aromatic carbocycles. The van der Waals surface area contributed by atoms with E-state index >= 15 is 0 Å². The van der Waals surface area contributed by atoms with Crippen LogP contribution in [0, 0.1) is 0 Å². The molecule has 3 atom stereocenters. The number of amides is 4. The van der Waals surface area contributed by atoms with Crippen molar-refractivity contribution in [2.75, 3.05) is 58.5 Å². The van der Waals surface area contributed by atoms with Crippen molar-refractivity contribution in [1.29, 1.82) is 0 Å². The highest BCUT2D eigenvalue weighted by atomic mass is 32.2. The number of hydrogen-bond donors (Lipinski definition) is 4. The van der Waals surface area contributed by atoms with Gasteiger partial charge < -0.3 is 35.5 Å². The van der Waals surface area contributed by atoms with Gasteiger partial charge in [0.2, 0.25) is 11.8 Å². The van der Waals surface area contributed by atoms with E-state index in [1.54, 1.807) is 6.92 Å². The van der Waals surface area contributed by atoms with E-state index in [0.29, 0.717) is 70.0 Å². The molecule has 0 radical (unpaired) electrons. The van der Waals surface area contributed by atoms with E-state index in [9.17, 15) is 14.4 Å². The molecule has 2 aliphatic rings. The van der Waals surface area contributed by atoms with Gasteiger partial charge in [0.25, 0.3) is 0 Å². The predicted molar refractivity (Wildman–Crippen MR) is 136 cm³/mol. The molecule has 0 saturated carbocycles. The Bertz CT molecular complexity index is 680. The van der Waals surface area contributed by atoms with Crippen molar-refractivity contribution < 1.29 is 28.6 Å². The molecule has 2 fully saturated rings. The van der Waals surface area contributed by atoms with Crippen LogP contribution in [0.1, 0.15) is 45.4 Å². The molecular weight excluding hydrogens is 472 g/mol. The van der Waals surface area contributed by atoms with Crippen molar-refractivity contribution >= 4 is 29.6 Å². The quantitative estimate of drug-likeness (QED) is 0.110. The van der Waals surface area contributed by atoms with Crippen LogP contribution in [0.25, 0.3) is 0 Å². The number of urea groups is 1. The summed E-state index contributed by atoms with van der Waals surface area (Å²) in [7, 11) is 0. The minimum Gasteiger partial charge on any atom is -0.379 e. The van der Waals surface area contributed by atoms with Gasteiger partial charge in [0, 0.05) is 49.3 Å². The van der Waals surface area contributed by atoms with Crippen LogP contribution in [-0.2, 0) is 23.8 Å². The second-order valence-corrected chi connectivity index (χ2v) is 10.1. The molecule has 2 saturated heterocycles. The lowest BCUT2D eigenvalue weighted by atomic mass is 10.0. The van der Waals surface area contributed by atoms with Gasteiger partial charge in [-0.2, -0.15) is 11.8 Å². The van der Waals surface area contributed by atoms with Gasteiger partial charge in [-0.15, -0.1) is 0 Å². The Morgan fingerprint density at radius 1 is 0.943 bits per heavy atom. The fourth-order valence-corrected chi connectivity index (χ4v) is 5.38. The van der Waals surface area contributed by atoms with E-state index in [2.05, 4.69) is 27.8 Å². The van der Waals surface area contributed by atoms with Gasteiger partial charge in [-0.3, -0.25) is 9.59 Å². The lowest BCUT2D eigenvalue weighted by Crippen LogP contribution is -2.36. The van der Waals surface area contributed by atoms with Gasteiger partial charge >= 0.3 is 6.03 Å². The molecule has 200 valence electrons. The summed E-state index contributed by atoms with van der Waals surface area (Å²) in [4.78, 5) is 34.7. The highest BCUT2D eigenvalue weighted by Crippen LogP contribution is 2.33. The molecule has 35 heavy (non-hydrogen) atoms. The molecule has 2 rings (SSSR count). The first-order valence-electron chi connectivity index (χ1n) is 12.6. The summed E-state index contributed by atoms with van der Waals surface area (Å²) >= 11 is 1.91. The Hall–Kier alpha value is -1.82. The maximum atomic E-state index is 12.0. The van der Waals surface area contributed by atoms with E-state index < -0.39 is 0 Å². The minimum absolute atomic E-state index is 0.0540. The van der Waals surface area contributed by atoms with E-state index in [-0.39, 0.29) is 29.9 Å². The van der Waals surface area contributed by atoms with Crippen molar-refractivity contribution in [2.45, 2.75) is 62.8 Å². The van der Waals surface area contributed by atoms with Crippen LogP contribution in [0.3, 0.4) is 0 Å². The molecule has 4 amide bonds. The normalized spacial score (nSPS) is 20.7. The fraction of sp³-hybridized carbons (Fsp3) is 0.792. The van der Waals surface area contributed by atoms with Crippen LogP contribution in [0.5, 0.6) is 0 Å². The van der Waals surface area contributed by atoms with E-state index in [4.69, 9.17) is 14.2 Å². The van der Waals surface area contributed by atoms with Gasteiger partial charge in [0.05, 0.1) is 38.5 Å². The zero-order chi connectivity index (χ0) is 25.3. The number of hydrogen-bond acceptors (Lipinski definition) is 7. The number of carbonyl (C=O) groups is 3. The van der Waals surface area contributed by atoms with Crippen LogP contribution in [0.4, 0.5) is 4.79 Å². The highest BCUT2D eigenvalue weighted by molar-refractivity contribution is 8.00. The molecular formula is C24H42N4O6S. The van der Waals surface area contributed by atoms with Gasteiger partial charge in [-0.05, 0) is 32.6 Å². The maximum absolute atomic E-state index is 12.0. The summed E-state index contributed by atoms with van der Waals surface area (Å²) in [6, 6.07) is 0.439. The Balaban J connectivity index is 1.27. The van der Waals surface area contributed by atoms with Crippen LogP contribution in [0.15, 0.2) is 12.2 Å². The third-order valence-electron chi connectivity index (χ3n) is 5.75. The summed E-state index contributed by atoms with van der Waals surface area (Å²) in [5.74, 6) is 0.926. The molecule has 11 heteroatoms. The predicted octanol–water partition coefficient (Wildman–Crippen LogP) is 1.35. The first kappa shape index (κ1) is 29.4. The number of unbranched alkanes of at least 4 members (excludes halogenated alkanes) is 1. The summed E-state index contributed by atoms with van der Waals surface area (Å²) in [6.45, 7) is 9.62. The van der Waals surface area contributed by atoms with E-state index in [0.717, 1.165) is 37.9 Å². The first-order valence-corrected chi connectivity index (χ1v) is 13.6. The van der Waals surface area contributed by atoms with Crippen molar-refractivity contribution in [3.63, 3.8) is 0 Å². The molecule has 0 spiro atoms. The second-order valence-electron chi connectivity index (χ2n) is 8.80. The van der Waals surface area contributed by atoms with Crippen LogP contribution < -0.4 is 21.3 Å². The maximum Gasteiger partial charge on any atom is 0.315 e. The molecule has 0 unspecified atom stereocenters. The Kier molecular flexibility index (Phi) is 14.8. The van der Waals surface area contributed by atoms with Crippen molar-refractivity contribution in [3.05, 3.63) is 12.2 Å². The van der Waals surface area contributed by atoms with Gasteiger partial charge in [-0.25, -0.2) is 4.79 Å². The standard InChI is InChI=1S/C24H42N4O6S/c1-18(2)23(30)26-10-6-12-33-14-16-34-15-13-32-11-5-9-25-21(29)8-4-3-7-20-22-19(17-35-20)27-24(31)28-22/h19-20,22H,1,3-17H2,2H3,(H,25,29)(H,26,30)(H2,27,28,31)/t19-,20-,22-/m0/s1. The molecule has 0 bridgehead atoms. The number of nitrogens with one attached hydrogen (secondary N) is 4. The molecule has 4 N–H and O–H groups in total. The Morgan fingerprint density at radius 3 is 2.23 bits per heavy atom. The highest BCUT2D eigenvalue weighted by Gasteiger charge is 2.42. The van der Waals surface area contributed by atoms with Gasteiger partial charge in [0.15, 0.2) is 0 Å². The number of thioether (sulfide) groups is 1. The molecule has 0 aromatic rings. The molecule has 0 aromatic heterocycles. The monoisotopic (exact) mass is 514 g/mol. The molecule has 2 aliphatic heterocycles. The SMILES string of the molecule is C=C(C)C(=O)NCCCOCCOCCOCCCNC(=O)CCCC[C@@H]1SC[C@@H]2NC(=O)N[C@@H]21. The van der Waals surface area contributed by atoms with Crippen molar-refractivity contribution in [1.82, 2.24) is 21.3 Å². The van der Waals surface area contributed by atoms with Gasteiger partial charge in [0.1, 0.15) is 0 Å². The first-order chi connectivity index (χ1) is 17.0. The van der Waals surface area contributed by atoms with Crippen molar-refractivity contribution in [2.24, 2.45) is 0 Å². The number of rotatable bonds is 20. The summed E-state index contributed by atoms with van der Waals surface area (Å²) in [5, 5.41) is 12.1. The van der Waals surface area contributed by atoms with Crippen LogP contribution in [0.2, 0.25) is 0 Å². The molecule has 10 nitrogen and oxygen atoms in total. The average Bonchev–Trinajstić information content (AvgIpc) is 3.38. The van der Waals surface area contributed by atoms with Crippen LogP contribution in [-0.4, -0.2) is 93.7 Å². The van der Waals surface area contributed by atoms with E-state index in [1.165, 1.54) is 0 Å². The average molecular weight is 515 g/mol. The third kappa shape index (κ3) is 12.6. The Labute approximate surface area is 213 Å². The smallest absolute Gasteiger partial charge is 0.315 e. The zero-order valence-electron chi connectivity index (χ0n) is 20.9. The minimum atomic E-state index is -0.126. The fourth-order valence-electron chi connectivity index (χ4n) is 3.83. The second kappa shape index (κ2) is 17.6. The van der Waals surface area contributed by atoms with E-state index in [1.807, 2.05) is 11.8 Å². The van der Waals surface area contributed by atoms with Crippen molar-refractivity contribution in [3.8, 4) is 0 Å². The number of carbonyl (C=O) groups excluding carboxylic acids is 3. The van der Waals surface area contributed by atoms with Gasteiger partial charge in [-0.1, -0.05) is 13.0 Å². The third-order valence-corrected chi connectivity index (χ3v) is 7.26. The summed E-state index contributed by atoms with van der Waals surface area (Å²) in [5.41, 5.74) is 0.505. The summed E-state index contributed by atoms with van der Waals surface area (Å²) < 4.78 is 16.4.